The maximum Gasteiger partial charge on any atom is 0.105 e. The summed E-state index contributed by atoms with van der Waals surface area (Å²) in [6.07, 6.45) is 11.0. The zero-order valence-corrected chi connectivity index (χ0v) is 8.84. The third-order valence-corrected chi connectivity index (χ3v) is 5.33. The average molecular weight is 176 g/mol. The SMILES string of the molecule is BC1CCC2CCC3CCCC1C32. The largest absolute Gasteiger partial charge is 0.105 e. The van der Waals surface area contributed by atoms with Gasteiger partial charge in [0.15, 0.2) is 0 Å². The van der Waals surface area contributed by atoms with Gasteiger partial charge in [0.2, 0.25) is 0 Å². The summed E-state index contributed by atoms with van der Waals surface area (Å²) < 4.78 is 0. The average Bonchev–Trinajstić information content (AvgIpc) is 2.57. The van der Waals surface area contributed by atoms with Crippen molar-refractivity contribution >= 4 is 7.85 Å². The van der Waals surface area contributed by atoms with Crippen molar-refractivity contribution in [2.75, 3.05) is 0 Å². The first-order valence-corrected chi connectivity index (χ1v) is 6.36. The second kappa shape index (κ2) is 3.03. The summed E-state index contributed by atoms with van der Waals surface area (Å²) in [6, 6.07) is 0. The van der Waals surface area contributed by atoms with Gasteiger partial charge in [0, 0.05) is 0 Å². The van der Waals surface area contributed by atoms with Crippen LogP contribution in [-0.4, -0.2) is 7.85 Å². The Morgan fingerprint density at radius 3 is 2.31 bits per heavy atom. The molecule has 3 aliphatic rings. The highest BCUT2D eigenvalue weighted by atomic mass is 14.5. The van der Waals surface area contributed by atoms with Gasteiger partial charge in [-0.15, -0.1) is 0 Å². The minimum atomic E-state index is 1.06. The molecular weight excluding hydrogens is 155 g/mol. The van der Waals surface area contributed by atoms with E-state index in [1.807, 2.05) is 0 Å². The van der Waals surface area contributed by atoms with Crippen molar-refractivity contribution in [3.8, 4) is 0 Å². The van der Waals surface area contributed by atoms with Crippen LogP contribution < -0.4 is 0 Å². The molecule has 0 saturated heterocycles. The molecule has 72 valence electrons. The zero-order valence-electron chi connectivity index (χ0n) is 8.84. The standard InChI is InChI=1S/C12H21B/c13-11-7-6-9-5-4-8-2-1-3-10(11)12(8)9/h8-12H,1-7,13H2. The Hall–Kier alpha value is 0.0649. The fourth-order valence-electron chi connectivity index (χ4n) is 4.73. The van der Waals surface area contributed by atoms with Crippen LogP contribution in [0.1, 0.15) is 44.9 Å². The van der Waals surface area contributed by atoms with Crippen molar-refractivity contribution in [1.29, 1.82) is 0 Å². The Labute approximate surface area is 82.9 Å². The maximum absolute atomic E-state index is 2.52. The third kappa shape index (κ3) is 1.19. The van der Waals surface area contributed by atoms with E-state index < -0.39 is 0 Å². The van der Waals surface area contributed by atoms with E-state index in [4.69, 9.17) is 0 Å². The van der Waals surface area contributed by atoms with Gasteiger partial charge in [-0.3, -0.25) is 0 Å². The molecule has 0 N–H and O–H groups in total. The molecule has 3 aliphatic carbocycles. The van der Waals surface area contributed by atoms with E-state index in [0.29, 0.717) is 0 Å². The smallest absolute Gasteiger partial charge is 0.0666 e. The fourth-order valence-corrected chi connectivity index (χ4v) is 4.73. The molecule has 0 amide bonds. The van der Waals surface area contributed by atoms with Crippen LogP contribution in [0.5, 0.6) is 0 Å². The van der Waals surface area contributed by atoms with E-state index in [1.165, 1.54) is 5.92 Å². The highest BCUT2D eigenvalue weighted by Gasteiger charge is 2.46. The summed E-state index contributed by atoms with van der Waals surface area (Å²) in [4.78, 5) is 0. The van der Waals surface area contributed by atoms with E-state index in [9.17, 15) is 0 Å². The van der Waals surface area contributed by atoms with E-state index in [-0.39, 0.29) is 0 Å². The van der Waals surface area contributed by atoms with Gasteiger partial charge in [0.25, 0.3) is 0 Å². The first kappa shape index (κ1) is 8.38. The molecule has 3 fully saturated rings. The van der Waals surface area contributed by atoms with Gasteiger partial charge in [-0.2, -0.15) is 0 Å². The van der Waals surface area contributed by atoms with Gasteiger partial charge in [-0.05, 0) is 36.5 Å². The topological polar surface area (TPSA) is 0 Å². The van der Waals surface area contributed by atoms with Crippen LogP contribution in [0.3, 0.4) is 0 Å². The molecule has 0 heterocycles. The molecule has 5 atom stereocenters. The van der Waals surface area contributed by atoms with Gasteiger partial charge in [0.1, 0.15) is 7.85 Å². The monoisotopic (exact) mass is 176 g/mol. The van der Waals surface area contributed by atoms with Gasteiger partial charge < -0.3 is 0 Å². The van der Waals surface area contributed by atoms with Crippen molar-refractivity contribution in [2.45, 2.75) is 50.8 Å². The van der Waals surface area contributed by atoms with E-state index >= 15 is 0 Å². The third-order valence-electron chi connectivity index (χ3n) is 5.33. The van der Waals surface area contributed by atoms with Crippen LogP contribution in [0, 0.1) is 23.7 Å². The van der Waals surface area contributed by atoms with Gasteiger partial charge in [-0.1, -0.05) is 37.9 Å². The molecule has 0 aliphatic heterocycles. The molecule has 0 aromatic heterocycles. The molecule has 5 unspecified atom stereocenters. The lowest BCUT2D eigenvalue weighted by Gasteiger charge is -2.44. The first-order valence-electron chi connectivity index (χ1n) is 6.36. The second-order valence-corrected chi connectivity index (χ2v) is 5.82. The fraction of sp³-hybridized carbons (Fsp3) is 1.00. The summed E-state index contributed by atoms with van der Waals surface area (Å²) >= 11 is 0. The zero-order chi connectivity index (χ0) is 8.84. The predicted molar refractivity (Wildman–Crippen MR) is 58.6 cm³/mol. The Kier molecular flexibility index (Phi) is 1.96. The Morgan fingerprint density at radius 2 is 1.46 bits per heavy atom. The molecule has 3 saturated carbocycles. The lowest BCUT2D eigenvalue weighted by molar-refractivity contribution is 0.0960. The molecule has 0 spiro atoms. The predicted octanol–water partition coefficient (Wildman–Crippen LogP) is 2.64. The van der Waals surface area contributed by atoms with E-state index in [1.54, 1.807) is 44.9 Å². The molecule has 0 nitrogen and oxygen atoms in total. The van der Waals surface area contributed by atoms with Crippen molar-refractivity contribution in [3.05, 3.63) is 0 Å². The van der Waals surface area contributed by atoms with Gasteiger partial charge in [-0.25, -0.2) is 0 Å². The van der Waals surface area contributed by atoms with Gasteiger partial charge in [0.05, 0.1) is 0 Å². The highest BCUT2D eigenvalue weighted by Crippen LogP contribution is 2.57. The summed E-state index contributed by atoms with van der Waals surface area (Å²) in [5, 5.41) is 0. The van der Waals surface area contributed by atoms with Crippen LogP contribution >= 0.6 is 0 Å². The van der Waals surface area contributed by atoms with Crippen molar-refractivity contribution < 1.29 is 0 Å². The van der Waals surface area contributed by atoms with E-state index in [2.05, 4.69) is 7.85 Å². The van der Waals surface area contributed by atoms with Gasteiger partial charge >= 0.3 is 0 Å². The Balaban J connectivity index is 1.86. The molecule has 13 heavy (non-hydrogen) atoms. The first-order chi connectivity index (χ1) is 6.36. The summed E-state index contributed by atoms with van der Waals surface area (Å²) in [7, 11) is 2.52. The number of hydrogen-bond acceptors (Lipinski definition) is 0. The molecule has 0 aromatic carbocycles. The van der Waals surface area contributed by atoms with Crippen molar-refractivity contribution in [3.63, 3.8) is 0 Å². The molecule has 1 heteroatoms. The molecule has 0 bridgehead atoms. The Bertz CT molecular complexity index is 195. The minimum absolute atomic E-state index is 1.06. The lowest BCUT2D eigenvalue weighted by atomic mass is 9.55. The quantitative estimate of drug-likeness (QED) is 0.497. The highest BCUT2D eigenvalue weighted by molar-refractivity contribution is 6.11. The number of hydrogen-bond donors (Lipinski definition) is 0. The van der Waals surface area contributed by atoms with E-state index in [0.717, 1.165) is 23.6 Å². The van der Waals surface area contributed by atoms with Crippen LogP contribution in [-0.2, 0) is 0 Å². The number of rotatable bonds is 0. The summed E-state index contributed by atoms with van der Waals surface area (Å²) in [5.41, 5.74) is 0. The molecule has 0 radical (unpaired) electrons. The van der Waals surface area contributed by atoms with Crippen LogP contribution in [0.4, 0.5) is 0 Å². The van der Waals surface area contributed by atoms with Crippen LogP contribution in [0.2, 0.25) is 5.82 Å². The van der Waals surface area contributed by atoms with Crippen molar-refractivity contribution in [2.24, 2.45) is 23.7 Å². The summed E-state index contributed by atoms with van der Waals surface area (Å²) in [6.45, 7) is 0. The summed E-state index contributed by atoms with van der Waals surface area (Å²) in [5.74, 6) is 5.69. The maximum atomic E-state index is 2.52. The lowest BCUT2D eigenvalue weighted by Crippen LogP contribution is -2.35. The second-order valence-electron chi connectivity index (χ2n) is 5.82. The van der Waals surface area contributed by atoms with Crippen molar-refractivity contribution in [1.82, 2.24) is 0 Å². The van der Waals surface area contributed by atoms with Crippen LogP contribution in [0.15, 0.2) is 0 Å². The normalized spacial score (nSPS) is 54.6. The van der Waals surface area contributed by atoms with Crippen LogP contribution in [0.25, 0.3) is 0 Å². The molecule has 3 rings (SSSR count). The molecule has 0 aromatic rings. The Morgan fingerprint density at radius 1 is 0.769 bits per heavy atom. The minimum Gasteiger partial charge on any atom is -0.0666 e. The molecular formula is C12H21B.